The lowest BCUT2D eigenvalue weighted by Gasteiger charge is -2.46. The summed E-state index contributed by atoms with van der Waals surface area (Å²) in [5, 5.41) is 9.96. The Morgan fingerprint density at radius 3 is 0.848 bits per heavy atom. The van der Waals surface area contributed by atoms with Gasteiger partial charge in [0.25, 0.3) is 6.71 Å². The molecule has 0 spiro atoms. The molecule has 0 amide bonds. The van der Waals surface area contributed by atoms with E-state index in [0.29, 0.717) is 0 Å². The topological polar surface area (TPSA) is 19.4 Å². The zero-order valence-corrected chi connectivity index (χ0v) is 63.9. The van der Waals surface area contributed by atoms with E-state index in [4.69, 9.17) is 4.98 Å². The lowest BCUT2D eigenvalue weighted by Crippen LogP contribution is -2.61. The molecule has 1 aromatic heterocycles. The predicted molar refractivity (Wildman–Crippen MR) is 434 cm³/mol. The van der Waals surface area contributed by atoms with Crippen molar-refractivity contribution in [1.29, 1.82) is 0 Å². The molecule has 0 unspecified atom stereocenters. The van der Waals surface area contributed by atoms with Crippen LogP contribution in [0.3, 0.4) is 0 Å². The van der Waals surface area contributed by atoms with Crippen LogP contribution in [0.1, 0.15) is 211 Å². The molecule has 0 aliphatic carbocycles. The van der Waals surface area contributed by atoms with Crippen LogP contribution < -0.4 is 26.2 Å². The molecular weight excluding hydrogens is 1190 g/mol. The summed E-state index contributed by atoms with van der Waals surface area (Å²) in [6, 6.07) is 77.2. The predicted octanol–water partition coefficient (Wildman–Crippen LogP) is 25.2. The Morgan fingerprint density at radius 1 is 0.253 bits per heavy atom. The summed E-state index contributed by atoms with van der Waals surface area (Å²) in [4.78, 5) is 11.4. The van der Waals surface area contributed by atoms with Gasteiger partial charge in [-0.15, -0.1) is 0 Å². The van der Waals surface area contributed by atoms with E-state index < -0.39 is 0 Å². The number of rotatable bonds is 5. The van der Waals surface area contributed by atoms with E-state index in [0.717, 1.165) is 45.0 Å². The molecular formula is C95H104BN3. The summed E-state index contributed by atoms with van der Waals surface area (Å²) in [6.07, 6.45) is 0. The Kier molecular flexibility index (Phi) is 15.6. The molecule has 2 aliphatic heterocycles. The molecule has 4 heteroatoms. The monoisotopic (exact) mass is 1300 g/mol. The number of nitrogens with zero attached hydrogens (tertiary/aromatic N) is 3. The summed E-state index contributed by atoms with van der Waals surface area (Å²) in [7, 11) is 0. The maximum Gasteiger partial charge on any atom is 0.252 e. The molecule has 0 saturated heterocycles. The molecule has 0 bridgehead atoms. The fraction of sp³-hybridized carbons (Fsp3) is 0.337. The molecule has 0 saturated carbocycles. The molecule has 11 aromatic carbocycles. The van der Waals surface area contributed by atoms with Gasteiger partial charge in [0.2, 0.25) is 0 Å². The Balaban J connectivity index is 1.21. The number of anilines is 6. The molecule has 0 atom stereocenters. The van der Waals surface area contributed by atoms with Crippen molar-refractivity contribution >= 4 is 100 Å². The van der Waals surface area contributed by atoms with Crippen molar-refractivity contribution in [2.75, 3.05) is 9.80 Å². The summed E-state index contributed by atoms with van der Waals surface area (Å²) in [6.45, 7) is 56.6. The fourth-order valence-corrected chi connectivity index (χ4v) is 15.3. The van der Waals surface area contributed by atoms with Gasteiger partial charge >= 0.3 is 0 Å². The van der Waals surface area contributed by atoms with E-state index in [1.165, 1.54) is 127 Å². The number of hydrogen-bond donors (Lipinski definition) is 0. The van der Waals surface area contributed by atoms with Gasteiger partial charge in [-0.25, -0.2) is 4.98 Å². The molecule has 2 aliphatic rings. The number of fused-ring (bicyclic) bond motifs is 12. The molecule has 0 radical (unpaired) electrons. The van der Waals surface area contributed by atoms with Gasteiger partial charge in [-0.1, -0.05) is 287 Å². The van der Waals surface area contributed by atoms with Gasteiger partial charge in [-0.3, -0.25) is 0 Å². The average Bonchev–Trinajstić information content (AvgIpc) is 0.683. The fourth-order valence-electron chi connectivity index (χ4n) is 15.3. The second-order valence-electron chi connectivity index (χ2n) is 37.6. The maximum atomic E-state index is 5.96. The van der Waals surface area contributed by atoms with Crippen LogP contribution in [0.5, 0.6) is 0 Å². The lowest BCUT2D eigenvalue weighted by molar-refractivity contribution is 0.568. The third-order valence-electron chi connectivity index (χ3n) is 21.7. The Bertz CT molecular complexity index is 4840. The third kappa shape index (κ3) is 12.1. The Hall–Kier alpha value is -8.73. The van der Waals surface area contributed by atoms with Crippen LogP contribution in [0, 0.1) is 0 Å². The normalized spacial score (nSPS) is 14.0. The zero-order valence-electron chi connectivity index (χ0n) is 63.9. The average molecular weight is 1300 g/mol. The van der Waals surface area contributed by atoms with E-state index in [9.17, 15) is 0 Å². The first-order valence-corrected chi connectivity index (χ1v) is 36.4. The van der Waals surface area contributed by atoms with E-state index in [1.54, 1.807) is 0 Å². The SMILES string of the molecule is CC(C)(C)c1cc(-c2cc(-c3cc4c5c(c3)N(c3cc(C(C)(C)C)cc(C(C)(C)C)c3)c3c(ccc6c3ccc3ccccc36)B5c3ccc5c(ccc6ccccc65)c3N4c3cc(C(C)(C)C)cc(C(C)(C)C)c3)cc(-c3cc(C(C)(C)C)cc(C(C)(C)C)c3)n2)cc(C(C)(C)C)c1. The minimum atomic E-state index is -0.162. The van der Waals surface area contributed by atoms with Crippen molar-refractivity contribution in [1.82, 2.24) is 4.98 Å². The van der Waals surface area contributed by atoms with E-state index in [1.807, 2.05) is 0 Å². The van der Waals surface area contributed by atoms with Gasteiger partial charge in [0.1, 0.15) is 0 Å². The van der Waals surface area contributed by atoms with Crippen LogP contribution in [0.2, 0.25) is 0 Å². The van der Waals surface area contributed by atoms with Crippen LogP contribution in [-0.2, 0) is 43.3 Å². The quantitative estimate of drug-likeness (QED) is 0.126. The van der Waals surface area contributed by atoms with Gasteiger partial charge in [0, 0.05) is 56.0 Å². The zero-order chi connectivity index (χ0) is 71.0. The van der Waals surface area contributed by atoms with Crippen molar-refractivity contribution in [3.05, 3.63) is 239 Å². The molecule has 3 nitrogen and oxygen atoms in total. The molecule has 0 fully saturated rings. The van der Waals surface area contributed by atoms with E-state index >= 15 is 0 Å². The molecule has 0 N–H and O–H groups in total. The van der Waals surface area contributed by atoms with E-state index in [2.05, 4.69) is 370 Å². The smallest absolute Gasteiger partial charge is 0.252 e. The van der Waals surface area contributed by atoms with Crippen molar-refractivity contribution in [2.24, 2.45) is 0 Å². The molecule has 14 rings (SSSR count). The third-order valence-corrected chi connectivity index (χ3v) is 21.7. The van der Waals surface area contributed by atoms with Crippen LogP contribution in [0.4, 0.5) is 34.1 Å². The largest absolute Gasteiger partial charge is 0.311 e. The summed E-state index contributed by atoms with van der Waals surface area (Å²) in [5.74, 6) is 0. The first-order chi connectivity index (χ1) is 46.1. The molecule has 3 heterocycles. The summed E-state index contributed by atoms with van der Waals surface area (Å²) >= 11 is 0. The van der Waals surface area contributed by atoms with Crippen LogP contribution in [0.15, 0.2) is 194 Å². The highest BCUT2D eigenvalue weighted by atomic mass is 15.2. The molecule has 99 heavy (non-hydrogen) atoms. The number of pyridine rings is 1. The first kappa shape index (κ1) is 67.5. The van der Waals surface area contributed by atoms with Crippen molar-refractivity contribution in [3.63, 3.8) is 0 Å². The van der Waals surface area contributed by atoms with Gasteiger partial charge in [0.15, 0.2) is 0 Å². The highest BCUT2D eigenvalue weighted by molar-refractivity contribution is 7.01. The second-order valence-corrected chi connectivity index (χ2v) is 37.6. The highest BCUT2D eigenvalue weighted by Gasteiger charge is 2.46. The first-order valence-electron chi connectivity index (χ1n) is 36.4. The Labute approximate surface area is 593 Å². The maximum absolute atomic E-state index is 5.96. The van der Waals surface area contributed by atoms with E-state index in [-0.39, 0.29) is 50.0 Å². The molecule has 502 valence electrons. The minimum Gasteiger partial charge on any atom is -0.311 e. The van der Waals surface area contributed by atoms with Gasteiger partial charge in [-0.05, 0) is 220 Å². The number of benzene rings is 11. The van der Waals surface area contributed by atoms with Crippen LogP contribution in [-0.4, -0.2) is 11.7 Å². The molecule has 12 aromatic rings. The van der Waals surface area contributed by atoms with Crippen LogP contribution in [0.25, 0.3) is 76.7 Å². The van der Waals surface area contributed by atoms with Crippen LogP contribution >= 0.6 is 0 Å². The highest BCUT2D eigenvalue weighted by Crippen LogP contribution is 2.53. The van der Waals surface area contributed by atoms with Crippen molar-refractivity contribution in [3.8, 4) is 33.6 Å². The van der Waals surface area contributed by atoms with Gasteiger partial charge in [0.05, 0.1) is 11.4 Å². The van der Waals surface area contributed by atoms with Gasteiger partial charge in [-0.2, -0.15) is 0 Å². The Morgan fingerprint density at radius 2 is 0.535 bits per heavy atom. The second kappa shape index (κ2) is 22.9. The number of hydrogen-bond acceptors (Lipinski definition) is 3. The standard InChI is InChI=1S/C95H104BN3/c1-88(2,3)63-41-61(42-64(49-63)89(4,5)6)81-45-59(46-82(97-81)62-43-65(90(7,8)9)50-66(44-62)91(10,11)12)60-47-83-85-84(48-60)99(72-55-69(94(19,20)21)52-70(56-72)95(22,23)24)87-78-36-34-58-30-26-28-32-74(58)76(78)38-40-80(87)96(85)79-39-37-75-73-31-27-25-29-57(73)33-35-77(75)86(79)98(83)71-53-67(92(13,14)15)51-68(54-71)93(16,17)18/h25-56H,1-24H3. The number of aromatic nitrogens is 1. The minimum absolute atomic E-state index is 0.114. The van der Waals surface area contributed by atoms with Gasteiger partial charge < -0.3 is 9.80 Å². The summed E-state index contributed by atoms with van der Waals surface area (Å²) < 4.78 is 0. The summed E-state index contributed by atoms with van der Waals surface area (Å²) in [5.41, 5.74) is 26.8. The van der Waals surface area contributed by atoms with Crippen molar-refractivity contribution in [2.45, 2.75) is 209 Å². The van der Waals surface area contributed by atoms with Crippen molar-refractivity contribution < 1.29 is 0 Å². The lowest BCUT2D eigenvalue weighted by atomic mass is 9.33.